The number of hydrogen-bond acceptors (Lipinski definition) is 3. The molecule has 0 saturated heterocycles. The van der Waals surface area contributed by atoms with Gasteiger partial charge in [-0.1, -0.05) is 58.9 Å². The van der Waals surface area contributed by atoms with E-state index in [1.807, 2.05) is 26.0 Å². The van der Waals surface area contributed by atoms with Crippen LogP contribution in [0.5, 0.6) is 0 Å². The van der Waals surface area contributed by atoms with Crippen molar-refractivity contribution in [3.63, 3.8) is 0 Å². The predicted molar refractivity (Wildman–Crippen MR) is 87.3 cm³/mol. The first-order valence-electron chi connectivity index (χ1n) is 7.05. The van der Waals surface area contributed by atoms with Crippen LogP contribution in [0.25, 0.3) is 10.6 Å². The molecule has 1 aromatic carbocycles. The maximum Gasteiger partial charge on any atom is 0.347 e. The van der Waals surface area contributed by atoms with E-state index in [-0.39, 0.29) is 11.3 Å². The van der Waals surface area contributed by atoms with Gasteiger partial charge in [-0.3, -0.25) is 0 Å². The van der Waals surface area contributed by atoms with E-state index in [4.69, 9.17) is 0 Å². The van der Waals surface area contributed by atoms with E-state index >= 15 is 0 Å². The van der Waals surface area contributed by atoms with Crippen LogP contribution in [0.3, 0.4) is 0 Å². The molecule has 1 N–H and O–H groups in total. The number of aromatic carboxylic acids is 1. The molecule has 4 heteroatoms. The molecule has 0 spiro atoms. The Morgan fingerprint density at radius 3 is 2.14 bits per heavy atom. The van der Waals surface area contributed by atoms with Gasteiger partial charge < -0.3 is 5.11 Å². The number of rotatable bonds is 3. The van der Waals surface area contributed by atoms with Gasteiger partial charge in [-0.25, -0.2) is 9.78 Å². The van der Waals surface area contributed by atoms with E-state index in [1.165, 1.54) is 16.9 Å². The SMILES string of the molecule is CC(C)c1nc(-c2ccc(C(C)(C)C)cc2)sc1C(=O)O. The van der Waals surface area contributed by atoms with Gasteiger partial charge in [0.15, 0.2) is 0 Å². The number of benzene rings is 1. The van der Waals surface area contributed by atoms with Crippen molar-refractivity contribution in [2.24, 2.45) is 0 Å². The van der Waals surface area contributed by atoms with Gasteiger partial charge in [0.05, 0.1) is 5.69 Å². The predicted octanol–water partition coefficient (Wildman–Crippen LogP) is 4.93. The molecule has 0 radical (unpaired) electrons. The molecule has 0 aliphatic rings. The molecule has 112 valence electrons. The molecule has 0 atom stereocenters. The summed E-state index contributed by atoms with van der Waals surface area (Å²) in [5.41, 5.74) is 3.01. The van der Waals surface area contributed by atoms with Crippen LogP contribution in [0, 0.1) is 0 Å². The fraction of sp³-hybridized carbons (Fsp3) is 0.412. The average Bonchev–Trinajstić information content (AvgIpc) is 2.83. The molecule has 0 aliphatic carbocycles. The molecule has 3 nitrogen and oxygen atoms in total. The summed E-state index contributed by atoms with van der Waals surface area (Å²) in [5.74, 6) is -0.788. The standard InChI is InChI=1S/C17H21NO2S/c1-10(2)13-14(16(19)20)21-15(18-13)11-6-8-12(9-7-11)17(3,4)5/h6-10H,1-5H3,(H,19,20). The summed E-state index contributed by atoms with van der Waals surface area (Å²) in [6.45, 7) is 10.4. The zero-order valence-electron chi connectivity index (χ0n) is 13.1. The second-order valence-electron chi connectivity index (χ2n) is 6.52. The molecule has 0 saturated carbocycles. The third-order valence-electron chi connectivity index (χ3n) is 3.39. The zero-order chi connectivity index (χ0) is 15.8. The lowest BCUT2D eigenvalue weighted by Crippen LogP contribution is -2.10. The van der Waals surface area contributed by atoms with E-state index in [1.54, 1.807) is 0 Å². The summed E-state index contributed by atoms with van der Waals surface area (Å²) in [6.07, 6.45) is 0. The lowest BCUT2D eigenvalue weighted by Gasteiger charge is -2.18. The minimum Gasteiger partial charge on any atom is -0.477 e. The van der Waals surface area contributed by atoms with Crippen molar-refractivity contribution in [2.75, 3.05) is 0 Å². The van der Waals surface area contributed by atoms with E-state index in [9.17, 15) is 9.90 Å². The molecule has 0 bridgehead atoms. The fourth-order valence-corrected chi connectivity index (χ4v) is 3.18. The van der Waals surface area contributed by atoms with Gasteiger partial charge in [0.1, 0.15) is 9.88 Å². The Bertz CT molecular complexity index is 648. The van der Waals surface area contributed by atoms with Crippen LogP contribution in [-0.4, -0.2) is 16.1 Å². The van der Waals surface area contributed by atoms with Crippen molar-refractivity contribution in [3.05, 3.63) is 40.4 Å². The van der Waals surface area contributed by atoms with Crippen LogP contribution in [0.1, 0.15) is 61.5 Å². The Labute approximate surface area is 129 Å². The first-order chi connectivity index (χ1) is 9.70. The number of nitrogens with zero attached hydrogens (tertiary/aromatic N) is 1. The van der Waals surface area contributed by atoms with Crippen LogP contribution in [-0.2, 0) is 5.41 Å². The van der Waals surface area contributed by atoms with Crippen molar-refractivity contribution in [2.45, 2.75) is 46.0 Å². The summed E-state index contributed by atoms with van der Waals surface area (Å²) < 4.78 is 0. The molecular formula is C17H21NO2S. The topological polar surface area (TPSA) is 50.2 Å². The van der Waals surface area contributed by atoms with Gasteiger partial charge in [0, 0.05) is 5.56 Å². The van der Waals surface area contributed by atoms with Crippen molar-refractivity contribution in [1.29, 1.82) is 0 Å². The Morgan fingerprint density at radius 2 is 1.76 bits per heavy atom. The van der Waals surface area contributed by atoms with Crippen molar-refractivity contribution in [3.8, 4) is 10.6 Å². The van der Waals surface area contributed by atoms with E-state index < -0.39 is 5.97 Å². The fourth-order valence-electron chi connectivity index (χ4n) is 2.11. The van der Waals surface area contributed by atoms with E-state index in [2.05, 4.69) is 37.9 Å². The number of carboxylic acids is 1. The smallest absolute Gasteiger partial charge is 0.347 e. The number of hydrogen-bond donors (Lipinski definition) is 1. The maximum atomic E-state index is 11.3. The van der Waals surface area contributed by atoms with Crippen LogP contribution >= 0.6 is 11.3 Å². The second kappa shape index (κ2) is 5.60. The summed E-state index contributed by atoms with van der Waals surface area (Å²) in [4.78, 5) is 16.2. The largest absolute Gasteiger partial charge is 0.477 e. The third kappa shape index (κ3) is 3.32. The van der Waals surface area contributed by atoms with Crippen LogP contribution in [0.15, 0.2) is 24.3 Å². The van der Waals surface area contributed by atoms with E-state index in [0.717, 1.165) is 10.6 Å². The first-order valence-corrected chi connectivity index (χ1v) is 7.86. The molecule has 0 amide bonds. The maximum absolute atomic E-state index is 11.3. The molecule has 0 aliphatic heterocycles. The normalized spacial score (nSPS) is 11.9. The summed E-state index contributed by atoms with van der Waals surface area (Å²) in [6, 6.07) is 8.22. The Morgan fingerprint density at radius 1 is 1.19 bits per heavy atom. The molecule has 1 heterocycles. The van der Waals surface area contributed by atoms with Gasteiger partial charge in [-0.2, -0.15) is 0 Å². The quantitative estimate of drug-likeness (QED) is 0.874. The minimum absolute atomic E-state index is 0.106. The van der Waals surface area contributed by atoms with Crippen LogP contribution in [0.4, 0.5) is 0 Å². The Balaban J connectivity index is 2.43. The molecular weight excluding hydrogens is 282 g/mol. The first kappa shape index (κ1) is 15.7. The lowest BCUT2D eigenvalue weighted by molar-refractivity contribution is 0.0700. The number of thiazole rings is 1. The molecule has 0 unspecified atom stereocenters. The van der Waals surface area contributed by atoms with Crippen molar-refractivity contribution >= 4 is 17.3 Å². The summed E-state index contributed by atoms with van der Waals surface area (Å²) in [5, 5.41) is 10.1. The highest BCUT2D eigenvalue weighted by molar-refractivity contribution is 7.17. The molecule has 1 aromatic heterocycles. The highest BCUT2D eigenvalue weighted by Crippen LogP contribution is 2.33. The van der Waals surface area contributed by atoms with E-state index in [0.29, 0.717) is 10.6 Å². The Kier molecular flexibility index (Phi) is 4.19. The monoisotopic (exact) mass is 303 g/mol. The van der Waals surface area contributed by atoms with Gasteiger partial charge in [0.25, 0.3) is 0 Å². The molecule has 0 fully saturated rings. The lowest BCUT2D eigenvalue weighted by atomic mass is 9.87. The molecule has 2 rings (SSSR count). The molecule has 21 heavy (non-hydrogen) atoms. The van der Waals surface area contributed by atoms with Crippen LogP contribution < -0.4 is 0 Å². The van der Waals surface area contributed by atoms with Crippen molar-refractivity contribution in [1.82, 2.24) is 4.98 Å². The summed E-state index contributed by atoms with van der Waals surface area (Å²) >= 11 is 1.25. The number of carboxylic acid groups (broad SMARTS) is 1. The zero-order valence-corrected chi connectivity index (χ0v) is 13.9. The second-order valence-corrected chi connectivity index (χ2v) is 7.52. The Hall–Kier alpha value is -1.68. The third-order valence-corrected chi connectivity index (χ3v) is 4.50. The summed E-state index contributed by atoms with van der Waals surface area (Å²) in [7, 11) is 0. The number of aromatic nitrogens is 1. The highest BCUT2D eigenvalue weighted by Gasteiger charge is 2.20. The van der Waals surface area contributed by atoms with Gasteiger partial charge in [0.2, 0.25) is 0 Å². The van der Waals surface area contributed by atoms with Crippen LogP contribution in [0.2, 0.25) is 0 Å². The number of carbonyl (C=O) groups is 1. The average molecular weight is 303 g/mol. The molecule has 2 aromatic rings. The van der Waals surface area contributed by atoms with Gasteiger partial charge in [-0.15, -0.1) is 11.3 Å². The highest BCUT2D eigenvalue weighted by atomic mass is 32.1. The van der Waals surface area contributed by atoms with Gasteiger partial charge in [-0.05, 0) is 16.9 Å². The van der Waals surface area contributed by atoms with Crippen molar-refractivity contribution < 1.29 is 9.90 Å². The van der Waals surface area contributed by atoms with Gasteiger partial charge >= 0.3 is 5.97 Å². The minimum atomic E-state index is -0.895.